The van der Waals surface area contributed by atoms with Crippen molar-refractivity contribution >= 4 is 5.65 Å². The second-order valence-corrected chi connectivity index (χ2v) is 6.08. The summed E-state index contributed by atoms with van der Waals surface area (Å²) < 4.78 is 47.7. The topological polar surface area (TPSA) is 81.0 Å². The van der Waals surface area contributed by atoms with E-state index in [1.807, 2.05) is 6.07 Å². The Morgan fingerprint density at radius 3 is 2.76 bits per heavy atom. The van der Waals surface area contributed by atoms with Crippen molar-refractivity contribution in [1.82, 2.24) is 24.1 Å². The minimum absolute atomic E-state index is 0.00153. The summed E-state index contributed by atoms with van der Waals surface area (Å²) in [4.78, 5) is 8.33. The molecule has 0 saturated carbocycles. The zero-order valence-corrected chi connectivity index (χ0v) is 15.1. The number of hydrogen-bond donors (Lipinski definition) is 0. The van der Waals surface area contributed by atoms with Crippen LogP contribution >= 0.6 is 0 Å². The highest BCUT2D eigenvalue weighted by molar-refractivity contribution is 5.77. The van der Waals surface area contributed by atoms with Gasteiger partial charge in [0.1, 0.15) is 11.8 Å². The van der Waals surface area contributed by atoms with Crippen LogP contribution in [0.1, 0.15) is 5.69 Å². The molecule has 0 saturated heterocycles. The number of benzene rings is 1. The van der Waals surface area contributed by atoms with E-state index < -0.39 is 18.8 Å². The molecule has 0 aliphatic rings. The average molecular weight is 398 g/mol. The van der Waals surface area contributed by atoms with E-state index in [4.69, 9.17) is 4.74 Å². The number of aromatic nitrogens is 5. The molecule has 0 aliphatic carbocycles. The average Bonchev–Trinajstić information content (AvgIpc) is 3.31. The van der Waals surface area contributed by atoms with Crippen LogP contribution in [0.2, 0.25) is 0 Å². The second-order valence-electron chi connectivity index (χ2n) is 6.08. The summed E-state index contributed by atoms with van der Waals surface area (Å²) >= 11 is 0. The number of nitriles is 1. The first kappa shape index (κ1) is 18.5. The van der Waals surface area contributed by atoms with E-state index in [0.29, 0.717) is 28.3 Å². The second kappa shape index (κ2) is 7.27. The predicted octanol–water partition coefficient (Wildman–Crippen LogP) is 3.54. The van der Waals surface area contributed by atoms with Crippen molar-refractivity contribution < 1.29 is 17.9 Å². The normalized spacial score (nSPS) is 11.2. The standard InChI is InChI=1S/C19H13F3N6O/c1-29-15-6-11(2-3-13(15)20)18-19(27(10-25-18)9-16(21)22)14-4-5-17-24-8-12(7-23)28(17)26-14/h2-6,8,10,16H,9H2,1H3. The van der Waals surface area contributed by atoms with Gasteiger partial charge in [-0.05, 0) is 30.3 Å². The summed E-state index contributed by atoms with van der Waals surface area (Å²) in [6.07, 6.45) is 0.0246. The predicted molar refractivity (Wildman–Crippen MR) is 96.9 cm³/mol. The zero-order chi connectivity index (χ0) is 20.5. The Bertz CT molecular complexity index is 1240. The lowest BCUT2D eigenvalue weighted by Gasteiger charge is -2.11. The van der Waals surface area contributed by atoms with Gasteiger partial charge in [-0.2, -0.15) is 10.4 Å². The molecule has 3 heterocycles. The molecule has 3 aromatic heterocycles. The van der Waals surface area contributed by atoms with Gasteiger partial charge in [-0.25, -0.2) is 27.7 Å². The molecule has 0 radical (unpaired) electrons. The number of methoxy groups -OCH3 is 1. The van der Waals surface area contributed by atoms with Gasteiger partial charge in [-0.1, -0.05) is 0 Å². The summed E-state index contributed by atoms with van der Waals surface area (Å²) in [6, 6.07) is 9.33. The Balaban J connectivity index is 1.94. The molecular formula is C19H13F3N6O. The van der Waals surface area contributed by atoms with Crippen molar-refractivity contribution in [3.05, 3.63) is 54.4 Å². The van der Waals surface area contributed by atoms with Crippen molar-refractivity contribution in [1.29, 1.82) is 5.26 Å². The first-order valence-corrected chi connectivity index (χ1v) is 8.44. The highest BCUT2D eigenvalue weighted by atomic mass is 19.3. The van der Waals surface area contributed by atoms with E-state index in [0.717, 1.165) is 0 Å². The minimum atomic E-state index is -2.62. The van der Waals surface area contributed by atoms with E-state index in [2.05, 4.69) is 15.1 Å². The van der Waals surface area contributed by atoms with Crippen molar-refractivity contribution in [3.63, 3.8) is 0 Å². The van der Waals surface area contributed by atoms with Crippen molar-refractivity contribution in [2.45, 2.75) is 13.0 Å². The van der Waals surface area contributed by atoms with Gasteiger partial charge in [0.25, 0.3) is 6.43 Å². The molecule has 0 atom stereocenters. The minimum Gasteiger partial charge on any atom is -0.494 e. The Hall–Kier alpha value is -3.87. The zero-order valence-electron chi connectivity index (χ0n) is 15.1. The molecule has 0 amide bonds. The third-order valence-electron chi connectivity index (χ3n) is 4.32. The molecule has 0 aliphatic heterocycles. The lowest BCUT2D eigenvalue weighted by Crippen LogP contribution is -2.08. The van der Waals surface area contributed by atoms with E-state index >= 15 is 0 Å². The van der Waals surface area contributed by atoms with E-state index in [1.54, 1.807) is 12.1 Å². The Kier molecular flexibility index (Phi) is 4.64. The van der Waals surface area contributed by atoms with Gasteiger partial charge in [0, 0.05) is 5.56 Å². The summed E-state index contributed by atoms with van der Waals surface area (Å²) in [7, 11) is 1.33. The maximum Gasteiger partial charge on any atom is 0.256 e. The van der Waals surface area contributed by atoms with Crippen LogP contribution in [-0.4, -0.2) is 37.7 Å². The number of halogens is 3. The summed E-state index contributed by atoms with van der Waals surface area (Å²) in [6.45, 7) is -0.602. The highest BCUT2D eigenvalue weighted by Crippen LogP contribution is 2.33. The van der Waals surface area contributed by atoms with E-state index in [9.17, 15) is 18.4 Å². The van der Waals surface area contributed by atoms with Crippen LogP contribution in [0.4, 0.5) is 13.2 Å². The largest absolute Gasteiger partial charge is 0.494 e. The third kappa shape index (κ3) is 3.27. The van der Waals surface area contributed by atoms with Crippen LogP contribution in [0.3, 0.4) is 0 Å². The van der Waals surface area contributed by atoms with E-state index in [-0.39, 0.29) is 11.4 Å². The molecule has 4 rings (SSSR count). The van der Waals surface area contributed by atoms with E-state index in [1.165, 1.54) is 46.9 Å². The van der Waals surface area contributed by atoms with Crippen LogP contribution in [0, 0.1) is 17.1 Å². The van der Waals surface area contributed by atoms with Gasteiger partial charge in [-0.3, -0.25) is 0 Å². The quantitative estimate of drug-likeness (QED) is 0.514. The monoisotopic (exact) mass is 398 g/mol. The summed E-state index contributed by atoms with van der Waals surface area (Å²) in [5.74, 6) is -0.553. The smallest absolute Gasteiger partial charge is 0.256 e. The molecular weight excluding hydrogens is 385 g/mol. The number of hydrogen-bond acceptors (Lipinski definition) is 5. The molecule has 0 fully saturated rings. The Morgan fingerprint density at radius 1 is 1.21 bits per heavy atom. The number of rotatable bonds is 5. The fourth-order valence-electron chi connectivity index (χ4n) is 3.03. The van der Waals surface area contributed by atoms with Gasteiger partial charge in [0.15, 0.2) is 22.9 Å². The molecule has 0 N–H and O–H groups in total. The SMILES string of the molecule is COc1cc(-c2ncn(CC(F)F)c2-c2ccc3ncc(C#N)n3n2)ccc1F. The van der Waals surface area contributed by atoms with Crippen LogP contribution in [0.25, 0.3) is 28.3 Å². The van der Waals surface area contributed by atoms with Gasteiger partial charge in [-0.15, -0.1) is 0 Å². The van der Waals surface area contributed by atoms with Gasteiger partial charge < -0.3 is 9.30 Å². The fourth-order valence-corrected chi connectivity index (χ4v) is 3.03. The van der Waals surface area contributed by atoms with Crippen LogP contribution in [0.15, 0.2) is 42.9 Å². The molecule has 0 spiro atoms. The number of ether oxygens (including phenoxy) is 1. The molecule has 29 heavy (non-hydrogen) atoms. The number of imidazole rings is 2. The first-order valence-electron chi connectivity index (χ1n) is 8.44. The molecule has 0 bridgehead atoms. The number of alkyl halides is 2. The summed E-state index contributed by atoms with van der Waals surface area (Å²) in [5, 5.41) is 13.6. The molecule has 1 aromatic carbocycles. The highest BCUT2D eigenvalue weighted by Gasteiger charge is 2.20. The number of nitrogens with zero attached hydrogens (tertiary/aromatic N) is 6. The van der Waals surface area contributed by atoms with Crippen molar-refractivity contribution in [2.75, 3.05) is 7.11 Å². The van der Waals surface area contributed by atoms with Crippen molar-refractivity contribution in [2.24, 2.45) is 0 Å². The van der Waals surface area contributed by atoms with Crippen LogP contribution < -0.4 is 4.74 Å². The fraction of sp³-hybridized carbons (Fsp3) is 0.158. The molecule has 0 unspecified atom stereocenters. The van der Waals surface area contributed by atoms with Crippen LogP contribution in [-0.2, 0) is 6.54 Å². The number of fused-ring (bicyclic) bond motifs is 1. The lowest BCUT2D eigenvalue weighted by molar-refractivity contribution is 0.127. The Morgan fingerprint density at radius 2 is 2.03 bits per heavy atom. The lowest BCUT2D eigenvalue weighted by atomic mass is 10.1. The Labute approximate surface area is 162 Å². The van der Waals surface area contributed by atoms with Gasteiger partial charge >= 0.3 is 0 Å². The summed E-state index contributed by atoms with van der Waals surface area (Å²) in [5.41, 5.74) is 2.05. The first-order chi connectivity index (χ1) is 14.0. The maximum atomic E-state index is 13.8. The molecule has 146 valence electrons. The molecule has 4 aromatic rings. The van der Waals surface area contributed by atoms with Crippen molar-refractivity contribution in [3.8, 4) is 34.5 Å². The van der Waals surface area contributed by atoms with Gasteiger partial charge in [0.2, 0.25) is 0 Å². The van der Waals surface area contributed by atoms with Crippen LogP contribution in [0.5, 0.6) is 5.75 Å². The molecule has 7 nitrogen and oxygen atoms in total. The van der Waals surface area contributed by atoms with Gasteiger partial charge in [0.05, 0.1) is 37.6 Å². The maximum absolute atomic E-state index is 13.8. The molecule has 10 heteroatoms. The third-order valence-corrected chi connectivity index (χ3v) is 4.32.